The van der Waals surface area contributed by atoms with Gasteiger partial charge in [-0.3, -0.25) is 4.57 Å². The number of aromatic nitrogens is 6. The first kappa shape index (κ1) is 17.5. The van der Waals surface area contributed by atoms with Crippen LogP contribution in [0.3, 0.4) is 0 Å². The van der Waals surface area contributed by atoms with Gasteiger partial charge in [0.2, 0.25) is 0 Å². The highest BCUT2D eigenvalue weighted by atomic mass is 32.1. The van der Waals surface area contributed by atoms with Crippen molar-refractivity contribution in [3.05, 3.63) is 70.9 Å². The van der Waals surface area contributed by atoms with Crippen LogP contribution in [0.5, 0.6) is 0 Å². The quantitative estimate of drug-likeness (QED) is 0.330. The third-order valence-corrected chi connectivity index (χ3v) is 5.51. The number of thiazole rings is 1. The fraction of sp³-hybridized carbons (Fsp3) is 0.150. The van der Waals surface area contributed by atoms with E-state index in [1.165, 1.54) is 0 Å². The monoisotopic (exact) mass is 403 g/mol. The van der Waals surface area contributed by atoms with Gasteiger partial charge >= 0.3 is 0 Å². The van der Waals surface area contributed by atoms with E-state index in [0.29, 0.717) is 5.82 Å². The van der Waals surface area contributed by atoms with Crippen LogP contribution in [0.1, 0.15) is 22.6 Å². The molecule has 5 aromatic rings. The molecule has 5 rings (SSSR count). The molecule has 0 spiro atoms. The Balaban J connectivity index is 1.48. The fourth-order valence-corrected chi connectivity index (χ4v) is 3.95. The molecule has 0 unspecified atom stereocenters. The van der Waals surface area contributed by atoms with Crippen molar-refractivity contribution in [3.63, 3.8) is 0 Å². The summed E-state index contributed by atoms with van der Waals surface area (Å²) in [6, 6.07) is 9.77. The van der Waals surface area contributed by atoms with E-state index in [1.807, 2.05) is 35.7 Å². The molecule has 1 aromatic carbocycles. The summed E-state index contributed by atoms with van der Waals surface area (Å²) in [6.45, 7) is 4.31. The molecule has 0 saturated heterocycles. The van der Waals surface area contributed by atoms with Gasteiger partial charge in [0.1, 0.15) is 6.33 Å². The second-order valence-corrected chi connectivity index (χ2v) is 7.39. The number of fused-ring (bicyclic) bond motifs is 3. The molecule has 4 aromatic heterocycles. The molecule has 0 aliphatic rings. The number of hydrogen-bond donors (Lipinski definition) is 0. The summed E-state index contributed by atoms with van der Waals surface area (Å²) >= 11 is 1.57. The maximum absolute atomic E-state index is 5.38. The smallest absolute Gasteiger partial charge is 0.195 e. The van der Waals surface area contributed by atoms with Crippen LogP contribution in [0.15, 0.2) is 53.4 Å². The van der Waals surface area contributed by atoms with Crippen LogP contribution < -0.4 is 0 Å². The maximum atomic E-state index is 5.38. The van der Waals surface area contributed by atoms with E-state index >= 15 is 0 Å². The number of rotatable bonds is 5. The van der Waals surface area contributed by atoms with Gasteiger partial charge in [-0.1, -0.05) is 35.5 Å². The lowest BCUT2D eigenvalue weighted by atomic mass is 10.2. The lowest BCUT2D eigenvalue weighted by Crippen LogP contribution is -1.98. The summed E-state index contributed by atoms with van der Waals surface area (Å²) in [5.41, 5.74) is 4.73. The normalized spacial score (nSPS) is 11.8. The zero-order valence-electron chi connectivity index (χ0n) is 15.9. The third-order valence-electron chi connectivity index (χ3n) is 4.76. The van der Waals surface area contributed by atoms with Crippen molar-refractivity contribution in [2.45, 2.75) is 20.5 Å². The molecular weight excluding hydrogens is 386 g/mol. The van der Waals surface area contributed by atoms with Crippen LogP contribution in [0.2, 0.25) is 0 Å². The van der Waals surface area contributed by atoms with Gasteiger partial charge in [-0.15, -0.1) is 16.4 Å². The molecule has 0 aliphatic carbocycles. The minimum atomic E-state index is 0.178. The first-order valence-corrected chi connectivity index (χ1v) is 9.92. The summed E-state index contributed by atoms with van der Waals surface area (Å²) < 4.78 is 3.74. The van der Waals surface area contributed by atoms with Crippen molar-refractivity contribution in [3.8, 4) is 5.13 Å². The number of nitrogens with zero attached hydrogens (tertiary/aromatic N) is 7. The van der Waals surface area contributed by atoms with Gasteiger partial charge in [0.25, 0.3) is 0 Å². The summed E-state index contributed by atoms with van der Waals surface area (Å²) in [6.07, 6.45) is 5.13. The lowest BCUT2D eigenvalue weighted by Gasteiger charge is -2.02. The Morgan fingerprint density at radius 2 is 2.00 bits per heavy atom. The highest BCUT2D eigenvalue weighted by molar-refractivity contribution is 7.12. The van der Waals surface area contributed by atoms with Gasteiger partial charge in [0.15, 0.2) is 28.9 Å². The second-order valence-electron chi connectivity index (χ2n) is 6.52. The van der Waals surface area contributed by atoms with Crippen molar-refractivity contribution >= 4 is 34.2 Å². The first-order chi connectivity index (χ1) is 14.2. The summed E-state index contributed by atoms with van der Waals surface area (Å²) in [5, 5.41) is 12.3. The lowest BCUT2D eigenvalue weighted by molar-refractivity contribution is 0.126. The zero-order valence-corrected chi connectivity index (χ0v) is 16.7. The van der Waals surface area contributed by atoms with Crippen LogP contribution in [0.25, 0.3) is 21.8 Å². The largest absolute Gasteiger partial charge is 0.387 e. The Bertz CT molecular complexity index is 1320. The molecule has 0 aliphatic heterocycles. The van der Waals surface area contributed by atoms with Crippen molar-refractivity contribution in [1.82, 2.24) is 29.1 Å². The van der Waals surface area contributed by atoms with Gasteiger partial charge in [-0.25, -0.2) is 19.5 Å². The molecule has 0 atom stereocenters. The molecule has 0 amide bonds. The molecule has 0 fully saturated rings. The van der Waals surface area contributed by atoms with Gasteiger partial charge in [-0.05, 0) is 25.0 Å². The van der Waals surface area contributed by atoms with Crippen molar-refractivity contribution in [2.24, 2.45) is 5.16 Å². The molecule has 4 heterocycles. The minimum absolute atomic E-state index is 0.178. The zero-order chi connectivity index (χ0) is 19.8. The molecule has 29 heavy (non-hydrogen) atoms. The van der Waals surface area contributed by atoms with Gasteiger partial charge < -0.3 is 4.84 Å². The topological polar surface area (TPSA) is 82.5 Å². The van der Waals surface area contributed by atoms with Crippen molar-refractivity contribution in [2.75, 3.05) is 0 Å². The standard InChI is InChI=1S/C20H17N7OS/c1-13-14(2)27(20-21-8-9-29-20)18-17(13)19-24-16(25-26(19)12-22-18)11-28-23-10-15-6-4-3-5-7-15/h3-10,12H,11H2,1-2H3. The molecule has 0 radical (unpaired) electrons. The Hall–Kier alpha value is -3.59. The molecule has 0 N–H and O–H groups in total. The Morgan fingerprint density at radius 3 is 2.79 bits per heavy atom. The second kappa shape index (κ2) is 7.10. The Labute approximate surface area is 170 Å². The summed E-state index contributed by atoms with van der Waals surface area (Å²) in [4.78, 5) is 19.1. The van der Waals surface area contributed by atoms with Crippen LogP contribution in [0.4, 0.5) is 0 Å². The molecule has 8 nitrogen and oxygen atoms in total. The molecule has 0 saturated carbocycles. The molecule has 144 valence electrons. The van der Waals surface area contributed by atoms with Crippen LogP contribution in [-0.2, 0) is 11.4 Å². The fourth-order valence-electron chi connectivity index (χ4n) is 3.26. The van der Waals surface area contributed by atoms with E-state index in [1.54, 1.807) is 34.6 Å². The number of oxime groups is 1. The number of hydrogen-bond acceptors (Lipinski definition) is 7. The predicted molar refractivity (Wildman–Crippen MR) is 112 cm³/mol. The molecular formula is C20H17N7OS. The first-order valence-electron chi connectivity index (χ1n) is 9.04. The van der Waals surface area contributed by atoms with Crippen molar-refractivity contribution < 1.29 is 4.84 Å². The van der Waals surface area contributed by atoms with E-state index in [4.69, 9.17) is 4.84 Å². The predicted octanol–water partition coefficient (Wildman–Crippen LogP) is 3.69. The van der Waals surface area contributed by atoms with Gasteiger partial charge in [-0.2, -0.15) is 0 Å². The SMILES string of the molecule is Cc1c(C)n(-c2nccs2)c2ncn3nc(CON=Cc4ccccc4)nc3c12. The van der Waals surface area contributed by atoms with E-state index in [2.05, 4.69) is 43.6 Å². The van der Waals surface area contributed by atoms with Gasteiger partial charge in [0, 0.05) is 17.3 Å². The molecule has 9 heteroatoms. The average molecular weight is 403 g/mol. The van der Waals surface area contributed by atoms with Gasteiger partial charge in [0.05, 0.1) is 11.6 Å². The van der Waals surface area contributed by atoms with E-state index in [0.717, 1.165) is 38.6 Å². The summed E-state index contributed by atoms with van der Waals surface area (Å²) in [7, 11) is 0. The highest BCUT2D eigenvalue weighted by Crippen LogP contribution is 2.30. The summed E-state index contributed by atoms with van der Waals surface area (Å²) in [5.74, 6) is 0.545. The maximum Gasteiger partial charge on any atom is 0.195 e. The van der Waals surface area contributed by atoms with Crippen LogP contribution >= 0.6 is 11.3 Å². The Morgan fingerprint density at radius 1 is 1.14 bits per heavy atom. The van der Waals surface area contributed by atoms with E-state index in [9.17, 15) is 0 Å². The third kappa shape index (κ3) is 3.05. The number of benzene rings is 1. The minimum Gasteiger partial charge on any atom is -0.387 e. The van der Waals surface area contributed by atoms with Crippen LogP contribution in [0, 0.1) is 13.8 Å². The Kier molecular flexibility index (Phi) is 4.28. The van der Waals surface area contributed by atoms with E-state index < -0.39 is 0 Å². The molecule has 0 bridgehead atoms. The highest BCUT2D eigenvalue weighted by Gasteiger charge is 2.19. The van der Waals surface area contributed by atoms with Crippen LogP contribution in [-0.4, -0.2) is 35.3 Å². The van der Waals surface area contributed by atoms with Crippen molar-refractivity contribution in [1.29, 1.82) is 0 Å². The number of aryl methyl sites for hydroxylation is 1. The van der Waals surface area contributed by atoms with E-state index in [-0.39, 0.29) is 6.61 Å². The average Bonchev–Trinajstić information content (AvgIpc) is 3.45.